The smallest absolute Gasteiger partial charge is 0.315 e. The number of thiocarbonyl (C=S) groups is 1. The highest BCUT2D eigenvalue weighted by molar-refractivity contribution is 8.26. The number of likely N-dealkylation sites (N-methyl/N-ethyl adjacent to an activating group) is 1. The highest BCUT2D eigenvalue weighted by Crippen LogP contribution is 2.60. The summed E-state index contributed by atoms with van der Waals surface area (Å²) in [5, 5.41) is 0. The number of halogens is 2. The third kappa shape index (κ3) is 4.54. The van der Waals surface area contributed by atoms with Crippen molar-refractivity contribution in [2.75, 3.05) is 13.7 Å². The lowest BCUT2D eigenvalue weighted by Crippen LogP contribution is -2.27. The number of allylic oxidation sites excluding steroid dienone is 1. The molecule has 30 heavy (non-hydrogen) atoms. The van der Waals surface area contributed by atoms with Crippen molar-refractivity contribution in [2.45, 2.75) is 20.8 Å². The van der Waals surface area contributed by atoms with Crippen LogP contribution in [0.1, 0.15) is 26.3 Å². The van der Waals surface area contributed by atoms with Crippen molar-refractivity contribution < 1.29 is 19.1 Å². The third-order valence-electron chi connectivity index (χ3n) is 5.36. The fourth-order valence-electron chi connectivity index (χ4n) is 3.53. The minimum atomic E-state index is -0.370. The summed E-state index contributed by atoms with van der Waals surface area (Å²) >= 11 is 18.0. The van der Waals surface area contributed by atoms with Gasteiger partial charge in [0.25, 0.3) is 5.91 Å². The predicted octanol–water partition coefficient (Wildman–Crippen LogP) is 5.41. The zero-order valence-electron chi connectivity index (χ0n) is 16.9. The largest absolute Gasteiger partial charge is 0.493 e. The van der Waals surface area contributed by atoms with Crippen LogP contribution in [0.2, 0.25) is 0 Å². The number of thioether (sulfide) groups is 1. The van der Waals surface area contributed by atoms with E-state index in [1.165, 1.54) is 18.9 Å². The second-order valence-electron chi connectivity index (χ2n) is 7.54. The van der Waals surface area contributed by atoms with Gasteiger partial charge in [0.15, 0.2) is 11.5 Å². The molecule has 0 N–H and O–H groups in total. The van der Waals surface area contributed by atoms with E-state index in [0.29, 0.717) is 27.3 Å². The van der Waals surface area contributed by atoms with E-state index < -0.39 is 0 Å². The Kier molecular flexibility index (Phi) is 6.87. The molecular weight excluding hydrogens is 465 g/mol. The van der Waals surface area contributed by atoms with Crippen molar-refractivity contribution in [3.8, 4) is 11.5 Å². The fourth-order valence-corrected chi connectivity index (χ4v) is 5.18. The maximum absolute atomic E-state index is 12.7. The molecule has 3 rings (SSSR count). The number of carbonyl (C=O) groups is 2. The number of hydrogen-bond acceptors (Lipinski definition) is 6. The van der Waals surface area contributed by atoms with Crippen molar-refractivity contribution >= 4 is 69.5 Å². The van der Waals surface area contributed by atoms with E-state index in [9.17, 15) is 9.59 Å². The van der Waals surface area contributed by atoms with Gasteiger partial charge in [0, 0.05) is 6.54 Å². The Morgan fingerprint density at radius 2 is 2.03 bits per heavy atom. The molecule has 0 spiro atoms. The molecule has 0 bridgehead atoms. The van der Waals surface area contributed by atoms with E-state index in [1.54, 1.807) is 35.3 Å². The Balaban J connectivity index is 1.78. The molecule has 0 radical (unpaired) electrons. The van der Waals surface area contributed by atoms with Crippen LogP contribution in [-0.2, 0) is 9.59 Å². The number of nitrogens with zero attached hydrogens (tertiary/aromatic N) is 1. The first-order valence-corrected chi connectivity index (χ1v) is 11.3. The topological polar surface area (TPSA) is 55.8 Å². The van der Waals surface area contributed by atoms with Crippen LogP contribution < -0.4 is 9.47 Å². The molecular formula is C21H21Cl2NO4S2. The van der Waals surface area contributed by atoms with Gasteiger partial charge in [-0.05, 0) is 48.1 Å². The van der Waals surface area contributed by atoms with Gasteiger partial charge in [-0.1, -0.05) is 67.1 Å². The summed E-state index contributed by atoms with van der Waals surface area (Å²) in [6, 6.07) is 5.12. The molecule has 9 heteroatoms. The molecule has 1 saturated heterocycles. The first-order chi connectivity index (χ1) is 14.1. The van der Waals surface area contributed by atoms with Crippen LogP contribution in [-0.4, -0.2) is 34.8 Å². The molecule has 1 aliphatic carbocycles. The van der Waals surface area contributed by atoms with Crippen LogP contribution >= 0.6 is 47.2 Å². The molecule has 1 heterocycles. The van der Waals surface area contributed by atoms with E-state index in [-0.39, 0.29) is 33.6 Å². The van der Waals surface area contributed by atoms with Gasteiger partial charge in [-0.2, -0.15) is 0 Å². The maximum atomic E-state index is 12.7. The molecule has 2 aliphatic rings. The number of amides is 1. The number of benzene rings is 1. The molecule has 1 saturated carbocycles. The van der Waals surface area contributed by atoms with Crippen LogP contribution in [0.5, 0.6) is 11.5 Å². The van der Waals surface area contributed by atoms with Crippen LogP contribution in [0.15, 0.2) is 33.7 Å². The second-order valence-corrected chi connectivity index (χ2v) is 10.2. The quantitative estimate of drug-likeness (QED) is 0.232. The lowest BCUT2D eigenvalue weighted by molar-refractivity contribution is -0.136. The minimum absolute atomic E-state index is 0.0826. The molecule has 0 aromatic heterocycles. The van der Waals surface area contributed by atoms with Crippen molar-refractivity contribution in [3.05, 3.63) is 39.2 Å². The van der Waals surface area contributed by atoms with Gasteiger partial charge < -0.3 is 9.47 Å². The predicted molar refractivity (Wildman–Crippen MR) is 125 cm³/mol. The van der Waals surface area contributed by atoms with Crippen molar-refractivity contribution in [1.29, 1.82) is 0 Å². The molecule has 1 aromatic rings. The number of ether oxygens (including phenoxy) is 2. The average Bonchev–Trinajstić information content (AvgIpc) is 3.09. The van der Waals surface area contributed by atoms with Gasteiger partial charge in [0.1, 0.15) is 8.81 Å². The van der Waals surface area contributed by atoms with Gasteiger partial charge in [0.2, 0.25) is 0 Å². The third-order valence-corrected chi connectivity index (χ3v) is 6.99. The number of carbonyl (C=O) groups excluding carboxylic acids is 2. The SMILES string of the molecule is CCN1C(=O)/C(=C/c2ccc(OC(=O)C3C(C=C(Cl)Cl)C3(C)C)c(OC)c2)SC1=S. The summed E-state index contributed by atoms with van der Waals surface area (Å²) in [6.45, 7) is 6.33. The van der Waals surface area contributed by atoms with Crippen LogP contribution in [0.25, 0.3) is 6.08 Å². The first kappa shape index (κ1) is 23.1. The van der Waals surface area contributed by atoms with Crippen LogP contribution in [0, 0.1) is 17.3 Å². The summed E-state index contributed by atoms with van der Waals surface area (Å²) in [5.41, 5.74) is 0.456. The molecule has 1 aliphatic heterocycles. The van der Waals surface area contributed by atoms with Crippen molar-refractivity contribution in [2.24, 2.45) is 17.3 Å². The number of rotatable bonds is 6. The van der Waals surface area contributed by atoms with E-state index in [1.807, 2.05) is 20.8 Å². The first-order valence-electron chi connectivity index (χ1n) is 9.28. The Morgan fingerprint density at radius 1 is 1.33 bits per heavy atom. The Morgan fingerprint density at radius 3 is 2.60 bits per heavy atom. The Hall–Kier alpha value is -1.54. The fraction of sp³-hybridized carbons (Fsp3) is 0.381. The van der Waals surface area contributed by atoms with E-state index in [0.717, 1.165) is 5.56 Å². The number of methoxy groups -OCH3 is 1. The standard InChI is InChI=1S/C21H21Cl2NO4S2/c1-5-24-18(25)15(30-20(24)29)9-11-6-7-13(14(8-11)27-4)28-19(26)17-12(10-16(22)23)21(17,2)3/h6-10,12,17H,5H2,1-4H3/b15-9-. The van der Waals surface area contributed by atoms with Gasteiger partial charge in [-0.3, -0.25) is 14.5 Å². The summed E-state index contributed by atoms with van der Waals surface area (Å²) in [7, 11) is 1.49. The maximum Gasteiger partial charge on any atom is 0.315 e. The highest BCUT2D eigenvalue weighted by Gasteiger charge is 2.61. The van der Waals surface area contributed by atoms with Crippen LogP contribution in [0.4, 0.5) is 0 Å². The van der Waals surface area contributed by atoms with E-state index in [4.69, 9.17) is 44.9 Å². The highest BCUT2D eigenvalue weighted by atomic mass is 35.5. The molecule has 2 atom stereocenters. The molecule has 1 amide bonds. The van der Waals surface area contributed by atoms with Crippen molar-refractivity contribution in [1.82, 2.24) is 4.90 Å². The van der Waals surface area contributed by atoms with Gasteiger partial charge >= 0.3 is 5.97 Å². The summed E-state index contributed by atoms with van der Waals surface area (Å²) in [6.07, 6.45) is 3.41. The Bertz CT molecular complexity index is 970. The summed E-state index contributed by atoms with van der Waals surface area (Å²) < 4.78 is 11.7. The van der Waals surface area contributed by atoms with Crippen molar-refractivity contribution in [3.63, 3.8) is 0 Å². The summed E-state index contributed by atoms with van der Waals surface area (Å²) in [5.74, 6) is -0.210. The van der Waals surface area contributed by atoms with E-state index in [2.05, 4.69) is 0 Å². The minimum Gasteiger partial charge on any atom is -0.493 e. The molecule has 2 fully saturated rings. The lowest BCUT2D eigenvalue weighted by atomic mass is 10.1. The average molecular weight is 486 g/mol. The monoisotopic (exact) mass is 485 g/mol. The van der Waals surface area contributed by atoms with Gasteiger partial charge in [-0.15, -0.1) is 0 Å². The Labute approximate surface area is 195 Å². The summed E-state index contributed by atoms with van der Waals surface area (Å²) in [4.78, 5) is 27.2. The number of esters is 1. The molecule has 160 valence electrons. The zero-order chi connectivity index (χ0) is 22.2. The molecule has 1 aromatic carbocycles. The lowest BCUT2D eigenvalue weighted by Gasteiger charge is -2.11. The number of hydrogen-bond donors (Lipinski definition) is 0. The normalized spacial score (nSPS) is 23.5. The molecule has 5 nitrogen and oxygen atoms in total. The molecule has 2 unspecified atom stereocenters. The zero-order valence-corrected chi connectivity index (χ0v) is 20.0. The van der Waals surface area contributed by atoms with Crippen LogP contribution in [0.3, 0.4) is 0 Å². The van der Waals surface area contributed by atoms with Gasteiger partial charge in [0.05, 0.1) is 17.9 Å². The van der Waals surface area contributed by atoms with E-state index >= 15 is 0 Å². The second kappa shape index (κ2) is 8.91. The van der Waals surface area contributed by atoms with Gasteiger partial charge in [-0.25, -0.2) is 0 Å².